The molecule has 1 aromatic rings. The standard InChI is InChI=1S/C18H32N4O2/c1-5-19-17(20-9-6-10-23-13-14-7-8-14)22-12-16-21-11-15(24-16)18(2,3)4/h11,14H,5-10,12-13H2,1-4H3,(H2,19,20,22). The predicted octanol–water partition coefficient (Wildman–Crippen LogP) is 2.84. The van der Waals surface area contributed by atoms with Gasteiger partial charge in [0.15, 0.2) is 5.96 Å². The zero-order chi connectivity index (χ0) is 17.4. The Kier molecular flexibility index (Phi) is 7.09. The third kappa shape index (κ3) is 6.91. The van der Waals surface area contributed by atoms with E-state index in [1.54, 1.807) is 6.20 Å². The molecule has 24 heavy (non-hydrogen) atoms. The first-order valence-corrected chi connectivity index (χ1v) is 9.04. The van der Waals surface area contributed by atoms with E-state index in [4.69, 9.17) is 9.15 Å². The summed E-state index contributed by atoms with van der Waals surface area (Å²) in [5.74, 6) is 3.15. The van der Waals surface area contributed by atoms with Gasteiger partial charge in [0.1, 0.15) is 12.3 Å². The van der Waals surface area contributed by atoms with E-state index >= 15 is 0 Å². The molecule has 1 aliphatic carbocycles. The van der Waals surface area contributed by atoms with E-state index in [2.05, 4.69) is 48.3 Å². The highest BCUT2D eigenvalue weighted by Gasteiger charge is 2.21. The van der Waals surface area contributed by atoms with Gasteiger partial charge in [-0.1, -0.05) is 20.8 Å². The maximum Gasteiger partial charge on any atom is 0.216 e. The van der Waals surface area contributed by atoms with Gasteiger partial charge in [-0.3, -0.25) is 0 Å². The van der Waals surface area contributed by atoms with Crippen LogP contribution >= 0.6 is 0 Å². The molecule has 0 bridgehead atoms. The van der Waals surface area contributed by atoms with Crippen molar-refractivity contribution in [3.05, 3.63) is 17.8 Å². The minimum absolute atomic E-state index is 0.0296. The molecule has 6 nitrogen and oxygen atoms in total. The van der Waals surface area contributed by atoms with E-state index in [1.807, 2.05) is 0 Å². The lowest BCUT2D eigenvalue weighted by atomic mass is 9.94. The summed E-state index contributed by atoms with van der Waals surface area (Å²) >= 11 is 0. The molecular weight excluding hydrogens is 304 g/mol. The normalized spacial score (nSPS) is 15.6. The first-order chi connectivity index (χ1) is 11.5. The highest BCUT2D eigenvalue weighted by Crippen LogP contribution is 2.28. The van der Waals surface area contributed by atoms with Crippen molar-refractivity contribution in [2.75, 3.05) is 26.3 Å². The molecule has 1 fully saturated rings. The summed E-state index contributed by atoms with van der Waals surface area (Å²) < 4.78 is 11.4. The molecule has 0 amide bonds. The number of aromatic nitrogens is 1. The minimum Gasteiger partial charge on any atom is -0.443 e. The quantitative estimate of drug-likeness (QED) is 0.412. The summed E-state index contributed by atoms with van der Waals surface area (Å²) in [6.07, 6.45) is 5.45. The van der Waals surface area contributed by atoms with Crippen LogP contribution in [0.1, 0.15) is 58.6 Å². The van der Waals surface area contributed by atoms with Gasteiger partial charge in [0.25, 0.3) is 0 Å². The summed E-state index contributed by atoms with van der Waals surface area (Å²) in [5.41, 5.74) is -0.0296. The third-order valence-electron chi connectivity index (χ3n) is 3.82. The van der Waals surface area contributed by atoms with E-state index in [0.717, 1.165) is 50.4 Å². The maximum atomic E-state index is 5.77. The number of ether oxygens (including phenoxy) is 1. The SMILES string of the molecule is CCNC(=NCc1ncc(C(C)(C)C)o1)NCCCOCC1CC1. The monoisotopic (exact) mass is 336 g/mol. The Bertz CT molecular complexity index is 515. The molecular formula is C18H32N4O2. The lowest BCUT2D eigenvalue weighted by molar-refractivity contribution is 0.123. The fourth-order valence-corrected chi connectivity index (χ4v) is 2.13. The zero-order valence-corrected chi connectivity index (χ0v) is 15.5. The van der Waals surface area contributed by atoms with Crippen LogP contribution in [-0.2, 0) is 16.7 Å². The number of aliphatic imine (C=N–C) groups is 1. The minimum atomic E-state index is -0.0296. The van der Waals surface area contributed by atoms with Crippen molar-refractivity contribution < 1.29 is 9.15 Å². The molecule has 2 N–H and O–H groups in total. The summed E-state index contributed by atoms with van der Waals surface area (Å²) in [6, 6.07) is 0. The first-order valence-electron chi connectivity index (χ1n) is 9.04. The van der Waals surface area contributed by atoms with Gasteiger partial charge in [-0.25, -0.2) is 9.98 Å². The predicted molar refractivity (Wildman–Crippen MR) is 96.2 cm³/mol. The van der Waals surface area contributed by atoms with Crippen LogP contribution in [0.3, 0.4) is 0 Å². The molecule has 0 radical (unpaired) electrons. The Labute approximate surface area is 145 Å². The molecule has 0 atom stereocenters. The van der Waals surface area contributed by atoms with Gasteiger partial charge >= 0.3 is 0 Å². The number of hydrogen-bond acceptors (Lipinski definition) is 4. The number of nitrogens with one attached hydrogen (secondary N) is 2. The summed E-state index contributed by atoms with van der Waals surface area (Å²) in [7, 11) is 0. The third-order valence-corrected chi connectivity index (χ3v) is 3.82. The fourth-order valence-electron chi connectivity index (χ4n) is 2.13. The second-order valence-electron chi connectivity index (χ2n) is 7.36. The molecule has 136 valence electrons. The number of oxazole rings is 1. The Morgan fingerprint density at radius 3 is 2.79 bits per heavy atom. The van der Waals surface area contributed by atoms with Gasteiger partial charge in [-0.05, 0) is 32.1 Å². The molecule has 0 unspecified atom stereocenters. The van der Waals surface area contributed by atoms with Crippen molar-refractivity contribution in [1.29, 1.82) is 0 Å². The van der Waals surface area contributed by atoms with Crippen LogP contribution in [0.2, 0.25) is 0 Å². The average molecular weight is 336 g/mol. The Balaban J connectivity index is 1.71. The summed E-state index contributed by atoms with van der Waals surface area (Å²) in [4.78, 5) is 8.84. The average Bonchev–Trinajstić information content (AvgIpc) is 3.21. The molecule has 1 aromatic heterocycles. The van der Waals surface area contributed by atoms with Crippen molar-refractivity contribution in [3.8, 4) is 0 Å². The van der Waals surface area contributed by atoms with Crippen LogP contribution < -0.4 is 10.6 Å². The molecule has 0 aliphatic heterocycles. The topological polar surface area (TPSA) is 71.7 Å². The summed E-state index contributed by atoms with van der Waals surface area (Å²) in [5, 5.41) is 6.56. The molecule has 2 rings (SSSR count). The van der Waals surface area contributed by atoms with Crippen molar-refractivity contribution in [2.24, 2.45) is 10.9 Å². The Morgan fingerprint density at radius 2 is 2.17 bits per heavy atom. The fraction of sp³-hybridized carbons (Fsp3) is 0.778. The van der Waals surface area contributed by atoms with Gasteiger partial charge in [-0.15, -0.1) is 0 Å². The molecule has 6 heteroatoms. The first kappa shape index (κ1) is 18.8. The van der Waals surface area contributed by atoms with E-state index in [1.165, 1.54) is 12.8 Å². The largest absolute Gasteiger partial charge is 0.443 e. The molecule has 0 aromatic carbocycles. The van der Waals surface area contributed by atoms with E-state index in [0.29, 0.717) is 12.4 Å². The smallest absolute Gasteiger partial charge is 0.216 e. The molecule has 1 heterocycles. The summed E-state index contributed by atoms with van der Waals surface area (Å²) in [6.45, 7) is 12.2. The highest BCUT2D eigenvalue weighted by atomic mass is 16.5. The Morgan fingerprint density at radius 1 is 1.38 bits per heavy atom. The van der Waals surface area contributed by atoms with Crippen LogP contribution in [0.15, 0.2) is 15.6 Å². The van der Waals surface area contributed by atoms with Crippen LogP contribution in [0.5, 0.6) is 0 Å². The molecule has 1 aliphatic rings. The highest BCUT2D eigenvalue weighted by molar-refractivity contribution is 5.79. The van der Waals surface area contributed by atoms with Gasteiger partial charge in [0, 0.05) is 31.7 Å². The molecule has 0 spiro atoms. The van der Waals surface area contributed by atoms with E-state index in [9.17, 15) is 0 Å². The number of rotatable bonds is 9. The lowest BCUT2D eigenvalue weighted by Gasteiger charge is -2.13. The van der Waals surface area contributed by atoms with Crippen LogP contribution in [0.25, 0.3) is 0 Å². The van der Waals surface area contributed by atoms with Crippen molar-refractivity contribution in [2.45, 2.75) is 58.9 Å². The second-order valence-corrected chi connectivity index (χ2v) is 7.36. The van der Waals surface area contributed by atoms with Gasteiger partial charge in [-0.2, -0.15) is 0 Å². The van der Waals surface area contributed by atoms with Crippen molar-refractivity contribution in [3.63, 3.8) is 0 Å². The molecule has 0 saturated heterocycles. The van der Waals surface area contributed by atoms with E-state index in [-0.39, 0.29) is 5.41 Å². The van der Waals surface area contributed by atoms with Crippen LogP contribution in [0.4, 0.5) is 0 Å². The van der Waals surface area contributed by atoms with E-state index < -0.39 is 0 Å². The number of guanidine groups is 1. The second kappa shape index (κ2) is 9.06. The van der Waals surface area contributed by atoms with Crippen molar-refractivity contribution >= 4 is 5.96 Å². The Hall–Kier alpha value is -1.56. The van der Waals surface area contributed by atoms with Crippen molar-refractivity contribution in [1.82, 2.24) is 15.6 Å². The lowest BCUT2D eigenvalue weighted by Crippen LogP contribution is -2.38. The number of hydrogen-bond donors (Lipinski definition) is 2. The maximum absolute atomic E-state index is 5.77. The van der Waals surface area contributed by atoms with Gasteiger partial charge in [0.05, 0.1) is 6.20 Å². The van der Waals surface area contributed by atoms with Gasteiger partial charge in [0.2, 0.25) is 5.89 Å². The van der Waals surface area contributed by atoms with Crippen LogP contribution in [-0.4, -0.2) is 37.2 Å². The van der Waals surface area contributed by atoms with Gasteiger partial charge < -0.3 is 19.8 Å². The molecule has 1 saturated carbocycles. The number of nitrogens with zero attached hydrogens (tertiary/aromatic N) is 2. The van der Waals surface area contributed by atoms with Crippen LogP contribution in [0, 0.1) is 5.92 Å². The zero-order valence-electron chi connectivity index (χ0n) is 15.5.